The average molecular weight is 377 g/mol. The van der Waals surface area contributed by atoms with Gasteiger partial charge in [-0.2, -0.15) is 0 Å². The van der Waals surface area contributed by atoms with Crippen molar-refractivity contribution >= 4 is 38.5 Å². The molecule has 2 radical (unpaired) electrons. The van der Waals surface area contributed by atoms with Crippen LogP contribution in [0.25, 0.3) is 0 Å². The molecule has 0 unspecified atom stereocenters. The third kappa shape index (κ3) is 46.3. The average Bonchev–Trinajstić information content (AvgIpc) is 2.29. The minimum atomic E-state index is -0.380. The van der Waals surface area contributed by atoms with Crippen molar-refractivity contribution in [1.82, 2.24) is 0 Å². The molecule has 0 aliphatic heterocycles. The van der Waals surface area contributed by atoms with Gasteiger partial charge in [-0.15, -0.1) is 0 Å². The molecule has 0 aromatic rings. The van der Waals surface area contributed by atoms with Crippen LogP contribution in [0.3, 0.4) is 0 Å². The van der Waals surface area contributed by atoms with Crippen molar-refractivity contribution < 1.29 is 14.4 Å². The van der Waals surface area contributed by atoms with E-state index in [4.69, 9.17) is 0 Å². The molecule has 0 aliphatic rings. The van der Waals surface area contributed by atoms with Gasteiger partial charge in [-0.1, -0.05) is 0 Å². The number of rotatable bonds is 7. The number of hydrogen-bond acceptors (Lipinski definition) is 3. The zero-order valence-electron chi connectivity index (χ0n) is 13.5. The predicted octanol–water partition coefficient (Wildman–Crippen LogP) is 3.89. The van der Waals surface area contributed by atoms with E-state index in [9.17, 15) is 14.4 Å². The van der Waals surface area contributed by atoms with Crippen LogP contribution >= 0.6 is 0 Å². The van der Waals surface area contributed by atoms with Crippen molar-refractivity contribution in [2.45, 2.75) is 76.1 Å². The predicted molar refractivity (Wildman–Crippen MR) is 82.9 cm³/mol. The Hall–Kier alpha value is -0.191. The number of unbranched alkanes of at least 4 members (excludes halogenated alkanes) is 2. The first-order valence-corrected chi connectivity index (χ1v) is 11.0. The second-order valence-corrected chi connectivity index (χ2v) is 8.76. The van der Waals surface area contributed by atoms with Crippen LogP contribution in [0.4, 0.5) is 0 Å². The standard InChI is InChI=1S/C4H6O2.2C4H9.C3H6O.Sn/c1-3(5)4(2)6;2*1-3-4-2;1-3(2)4;/h1-2H3;2*1,3-4H2,2H3;1-2H3;. The normalized spacial score (nSPS) is 8.53. The number of ketones is 3. The van der Waals surface area contributed by atoms with Gasteiger partial charge in [-0.05, 0) is 13.8 Å². The Labute approximate surface area is 129 Å². The van der Waals surface area contributed by atoms with Gasteiger partial charge in [-0.25, -0.2) is 0 Å². The summed E-state index contributed by atoms with van der Waals surface area (Å²) in [7, 11) is 0. The molecule has 0 aliphatic carbocycles. The van der Waals surface area contributed by atoms with Crippen molar-refractivity contribution in [3.05, 3.63) is 0 Å². The van der Waals surface area contributed by atoms with Gasteiger partial charge in [0.2, 0.25) is 0 Å². The fourth-order valence-electron chi connectivity index (χ4n) is 0.729. The second kappa shape index (κ2) is 20.1. The van der Waals surface area contributed by atoms with E-state index >= 15 is 0 Å². The van der Waals surface area contributed by atoms with Gasteiger partial charge in [0.25, 0.3) is 0 Å². The maximum atomic E-state index is 9.79. The van der Waals surface area contributed by atoms with E-state index in [1.54, 1.807) is 8.87 Å². The molecule has 0 rings (SSSR count). The van der Waals surface area contributed by atoms with Gasteiger partial charge in [0.15, 0.2) is 11.6 Å². The molecule has 0 N–H and O–H groups in total. The second-order valence-electron chi connectivity index (χ2n) is 4.48. The third-order valence-electron chi connectivity index (χ3n) is 1.91. The van der Waals surface area contributed by atoms with Crippen molar-refractivity contribution in [3.8, 4) is 0 Å². The van der Waals surface area contributed by atoms with E-state index in [-0.39, 0.29) is 38.5 Å². The summed E-state index contributed by atoms with van der Waals surface area (Å²) in [5.74, 6) is -0.593. The van der Waals surface area contributed by atoms with E-state index in [1.807, 2.05) is 0 Å². The van der Waals surface area contributed by atoms with Crippen LogP contribution in [0.15, 0.2) is 0 Å². The SMILES string of the molecule is CC(=O)C(C)=O.CC(C)=O.CCC[CH2][Sn][CH2]CCC. The molecule has 0 spiro atoms. The Kier molecular flexibility index (Phi) is 25.3. The maximum absolute atomic E-state index is 9.79. The summed E-state index contributed by atoms with van der Waals surface area (Å²) in [5, 5.41) is 0. The summed E-state index contributed by atoms with van der Waals surface area (Å²) in [4.78, 5) is 29.0. The summed E-state index contributed by atoms with van der Waals surface area (Å²) in [6.07, 6.45) is 5.84. The van der Waals surface area contributed by atoms with Crippen LogP contribution in [-0.4, -0.2) is 38.5 Å². The molecule has 0 bridgehead atoms. The number of hydrogen-bond donors (Lipinski definition) is 0. The molecule has 0 aromatic carbocycles. The van der Waals surface area contributed by atoms with Crippen molar-refractivity contribution in [3.63, 3.8) is 0 Å². The number of Topliss-reactive ketones (excluding diaryl/α,β-unsaturated/α-hetero) is 3. The third-order valence-corrected chi connectivity index (χ3v) is 5.95. The molecule has 0 amide bonds. The molecule has 3 nitrogen and oxygen atoms in total. The van der Waals surface area contributed by atoms with Gasteiger partial charge < -0.3 is 4.79 Å². The van der Waals surface area contributed by atoms with Crippen LogP contribution in [0.2, 0.25) is 8.87 Å². The topological polar surface area (TPSA) is 51.2 Å². The van der Waals surface area contributed by atoms with Gasteiger partial charge in [-0.3, -0.25) is 9.59 Å². The van der Waals surface area contributed by atoms with Gasteiger partial charge in [0.05, 0.1) is 0 Å². The Bertz CT molecular complexity index is 216. The molecule has 19 heavy (non-hydrogen) atoms. The molecule has 0 saturated heterocycles. The van der Waals surface area contributed by atoms with Crippen LogP contribution in [0, 0.1) is 0 Å². The molecule has 0 aromatic heterocycles. The fraction of sp³-hybridized carbons (Fsp3) is 0.800. The number of carbonyl (C=O) groups is 3. The molecule has 0 fully saturated rings. The van der Waals surface area contributed by atoms with Crippen molar-refractivity contribution in [2.75, 3.05) is 0 Å². The molecule has 0 heterocycles. The van der Waals surface area contributed by atoms with Crippen LogP contribution in [-0.2, 0) is 14.4 Å². The summed E-state index contributed by atoms with van der Waals surface area (Å²) in [6, 6.07) is 0. The van der Waals surface area contributed by atoms with E-state index in [1.165, 1.54) is 53.4 Å². The summed E-state index contributed by atoms with van der Waals surface area (Å²) in [5.41, 5.74) is 0. The monoisotopic (exact) mass is 378 g/mol. The summed E-state index contributed by atoms with van der Waals surface area (Å²) >= 11 is 0.149. The Morgan fingerprint density at radius 2 is 1.00 bits per heavy atom. The van der Waals surface area contributed by atoms with Crippen LogP contribution in [0.1, 0.15) is 67.2 Å². The zero-order chi connectivity index (χ0) is 15.7. The summed E-state index contributed by atoms with van der Waals surface area (Å²) in [6.45, 7) is 10.1. The first kappa shape index (κ1) is 23.9. The first-order chi connectivity index (χ1) is 8.79. The number of carbonyl (C=O) groups excluding carboxylic acids is 3. The quantitative estimate of drug-likeness (QED) is 0.384. The van der Waals surface area contributed by atoms with E-state index in [0.29, 0.717) is 0 Å². The molecule has 112 valence electrons. The van der Waals surface area contributed by atoms with Crippen molar-refractivity contribution in [2.24, 2.45) is 0 Å². The Balaban J connectivity index is -0.000000222. The fourth-order valence-corrected chi connectivity index (χ4v) is 4.89. The Morgan fingerprint density at radius 3 is 1.16 bits per heavy atom. The Morgan fingerprint density at radius 1 is 0.737 bits per heavy atom. The van der Waals surface area contributed by atoms with Gasteiger partial charge in [0, 0.05) is 13.8 Å². The van der Waals surface area contributed by atoms with Gasteiger partial charge >= 0.3 is 69.5 Å². The van der Waals surface area contributed by atoms with E-state index < -0.39 is 0 Å². The minimum absolute atomic E-state index is 0.149. The van der Waals surface area contributed by atoms with Crippen molar-refractivity contribution in [1.29, 1.82) is 0 Å². The van der Waals surface area contributed by atoms with E-state index in [2.05, 4.69) is 13.8 Å². The molecule has 4 heteroatoms. The molecular weight excluding hydrogens is 347 g/mol. The summed E-state index contributed by atoms with van der Waals surface area (Å²) < 4.78 is 3.25. The van der Waals surface area contributed by atoms with Gasteiger partial charge in [0.1, 0.15) is 5.78 Å². The van der Waals surface area contributed by atoms with Crippen LogP contribution < -0.4 is 0 Å². The molecular formula is C15H30O3Sn. The molecule has 0 atom stereocenters. The van der Waals surface area contributed by atoms with Crippen LogP contribution in [0.5, 0.6) is 0 Å². The molecule has 0 saturated carbocycles. The van der Waals surface area contributed by atoms with E-state index in [0.717, 1.165) is 0 Å². The first-order valence-electron chi connectivity index (χ1n) is 6.98. The zero-order valence-corrected chi connectivity index (χ0v) is 16.3.